The Morgan fingerprint density at radius 1 is 1.38 bits per heavy atom. The summed E-state index contributed by atoms with van der Waals surface area (Å²) in [4.78, 5) is 0. The molecule has 1 aromatic carbocycles. The normalized spacial score (nSPS) is 9.81. The van der Waals surface area contributed by atoms with E-state index in [-0.39, 0.29) is 5.75 Å². The molecule has 1 aromatic rings. The van der Waals surface area contributed by atoms with Crippen molar-refractivity contribution in [1.29, 1.82) is 5.26 Å². The lowest BCUT2D eigenvalue weighted by Crippen LogP contribution is -2.04. The van der Waals surface area contributed by atoms with Crippen LogP contribution in [-0.2, 0) is 4.74 Å². The molecule has 0 heterocycles. The van der Waals surface area contributed by atoms with Crippen molar-refractivity contribution in [3.63, 3.8) is 0 Å². The number of halogens is 1. The standard InChI is InChI=1S/C12H14FNO2/c1-2-15-6-3-7-16-12-5-4-10(9-14)8-11(12)13/h4-5,8H,2-3,6-7H2,1H3. The quantitative estimate of drug-likeness (QED) is 0.696. The molecule has 0 amide bonds. The third-order valence-electron chi connectivity index (χ3n) is 1.96. The Balaban J connectivity index is 2.40. The maximum atomic E-state index is 13.3. The Labute approximate surface area is 94.4 Å². The van der Waals surface area contributed by atoms with Crippen LogP contribution in [-0.4, -0.2) is 19.8 Å². The van der Waals surface area contributed by atoms with Crippen LogP contribution in [0.2, 0.25) is 0 Å². The van der Waals surface area contributed by atoms with Crippen molar-refractivity contribution in [2.45, 2.75) is 13.3 Å². The van der Waals surface area contributed by atoms with Gasteiger partial charge in [-0.2, -0.15) is 5.26 Å². The van der Waals surface area contributed by atoms with Gasteiger partial charge >= 0.3 is 0 Å². The van der Waals surface area contributed by atoms with E-state index in [4.69, 9.17) is 14.7 Å². The topological polar surface area (TPSA) is 42.2 Å². The van der Waals surface area contributed by atoms with Gasteiger partial charge in [0.15, 0.2) is 11.6 Å². The number of hydrogen-bond acceptors (Lipinski definition) is 3. The van der Waals surface area contributed by atoms with Crippen molar-refractivity contribution >= 4 is 0 Å². The average molecular weight is 223 g/mol. The lowest BCUT2D eigenvalue weighted by molar-refractivity contribution is 0.130. The predicted octanol–water partition coefficient (Wildman–Crippen LogP) is 2.50. The molecule has 16 heavy (non-hydrogen) atoms. The number of nitrogens with zero attached hydrogens (tertiary/aromatic N) is 1. The molecule has 0 atom stereocenters. The van der Waals surface area contributed by atoms with E-state index in [1.54, 1.807) is 0 Å². The molecule has 0 spiro atoms. The van der Waals surface area contributed by atoms with Crippen LogP contribution in [0, 0.1) is 17.1 Å². The van der Waals surface area contributed by atoms with Crippen molar-refractivity contribution in [3.8, 4) is 11.8 Å². The van der Waals surface area contributed by atoms with Gasteiger partial charge in [-0.25, -0.2) is 4.39 Å². The minimum atomic E-state index is -0.504. The molecule has 0 N–H and O–H groups in total. The second-order valence-corrected chi connectivity index (χ2v) is 3.16. The first kappa shape index (κ1) is 12.5. The van der Waals surface area contributed by atoms with Crippen molar-refractivity contribution in [3.05, 3.63) is 29.6 Å². The lowest BCUT2D eigenvalue weighted by atomic mass is 10.2. The van der Waals surface area contributed by atoms with Crippen LogP contribution in [0.5, 0.6) is 5.75 Å². The molecule has 0 radical (unpaired) electrons. The van der Waals surface area contributed by atoms with Crippen LogP contribution in [0.3, 0.4) is 0 Å². The summed E-state index contributed by atoms with van der Waals surface area (Å²) < 4.78 is 23.6. The van der Waals surface area contributed by atoms with Crippen LogP contribution in [0.15, 0.2) is 18.2 Å². The Morgan fingerprint density at radius 2 is 2.19 bits per heavy atom. The third-order valence-corrected chi connectivity index (χ3v) is 1.96. The molecule has 0 saturated heterocycles. The highest BCUT2D eigenvalue weighted by molar-refractivity contribution is 5.35. The number of benzene rings is 1. The molecule has 0 aromatic heterocycles. The smallest absolute Gasteiger partial charge is 0.166 e. The molecule has 0 bridgehead atoms. The summed E-state index contributed by atoms with van der Waals surface area (Å²) in [5.74, 6) is -0.328. The summed E-state index contributed by atoms with van der Waals surface area (Å²) in [7, 11) is 0. The highest BCUT2D eigenvalue weighted by Gasteiger charge is 2.04. The summed E-state index contributed by atoms with van der Waals surface area (Å²) in [6.45, 7) is 3.60. The minimum absolute atomic E-state index is 0.176. The van der Waals surface area contributed by atoms with E-state index < -0.39 is 5.82 Å². The minimum Gasteiger partial charge on any atom is -0.490 e. The van der Waals surface area contributed by atoms with E-state index in [2.05, 4.69) is 0 Å². The van der Waals surface area contributed by atoms with Gasteiger partial charge in [-0.05, 0) is 25.1 Å². The van der Waals surface area contributed by atoms with Crippen LogP contribution < -0.4 is 4.74 Å². The van der Waals surface area contributed by atoms with Gasteiger partial charge in [0.1, 0.15) is 0 Å². The summed E-state index contributed by atoms with van der Waals surface area (Å²) in [5, 5.41) is 8.55. The lowest BCUT2D eigenvalue weighted by Gasteiger charge is -2.07. The molecular weight excluding hydrogens is 209 g/mol. The van der Waals surface area contributed by atoms with Crippen LogP contribution in [0.4, 0.5) is 4.39 Å². The summed E-state index contributed by atoms with van der Waals surface area (Å²) >= 11 is 0. The highest BCUT2D eigenvalue weighted by atomic mass is 19.1. The summed E-state index contributed by atoms with van der Waals surface area (Å²) in [6, 6.07) is 6.02. The van der Waals surface area contributed by atoms with E-state index in [0.717, 1.165) is 6.07 Å². The van der Waals surface area contributed by atoms with Gasteiger partial charge in [-0.3, -0.25) is 0 Å². The van der Waals surface area contributed by atoms with Crippen LogP contribution in [0.25, 0.3) is 0 Å². The van der Waals surface area contributed by atoms with Crippen molar-refractivity contribution < 1.29 is 13.9 Å². The average Bonchev–Trinajstić information content (AvgIpc) is 2.30. The first-order valence-electron chi connectivity index (χ1n) is 5.18. The molecule has 0 aliphatic carbocycles. The Hall–Kier alpha value is -1.60. The molecule has 0 unspecified atom stereocenters. The van der Waals surface area contributed by atoms with E-state index in [0.29, 0.717) is 31.8 Å². The molecule has 0 aliphatic heterocycles. The maximum absolute atomic E-state index is 13.3. The van der Waals surface area contributed by atoms with Gasteiger partial charge in [0.25, 0.3) is 0 Å². The van der Waals surface area contributed by atoms with E-state index in [9.17, 15) is 4.39 Å². The first-order chi connectivity index (χ1) is 7.77. The molecule has 86 valence electrons. The van der Waals surface area contributed by atoms with E-state index in [1.165, 1.54) is 12.1 Å². The van der Waals surface area contributed by atoms with Gasteiger partial charge in [0, 0.05) is 19.6 Å². The zero-order valence-corrected chi connectivity index (χ0v) is 9.20. The van der Waals surface area contributed by atoms with Gasteiger partial charge in [0.2, 0.25) is 0 Å². The number of ether oxygens (including phenoxy) is 2. The van der Waals surface area contributed by atoms with Crippen molar-refractivity contribution in [2.24, 2.45) is 0 Å². The largest absolute Gasteiger partial charge is 0.490 e. The predicted molar refractivity (Wildman–Crippen MR) is 57.7 cm³/mol. The van der Waals surface area contributed by atoms with Gasteiger partial charge in [0.05, 0.1) is 18.2 Å². The second kappa shape index (κ2) is 6.81. The van der Waals surface area contributed by atoms with Crippen molar-refractivity contribution in [1.82, 2.24) is 0 Å². The summed E-state index contributed by atoms with van der Waals surface area (Å²) in [5.41, 5.74) is 0.291. The fourth-order valence-electron chi connectivity index (χ4n) is 1.17. The second-order valence-electron chi connectivity index (χ2n) is 3.16. The van der Waals surface area contributed by atoms with Gasteiger partial charge in [-0.1, -0.05) is 0 Å². The van der Waals surface area contributed by atoms with E-state index >= 15 is 0 Å². The van der Waals surface area contributed by atoms with Gasteiger partial charge < -0.3 is 9.47 Å². The molecule has 4 heteroatoms. The Bertz CT molecular complexity index is 374. The fraction of sp³-hybridized carbons (Fsp3) is 0.417. The number of hydrogen-bond donors (Lipinski definition) is 0. The third kappa shape index (κ3) is 3.87. The van der Waals surface area contributed by atoms with Crippen LogP contribution >= 0.6 is 0 Å². The SMILES string of the molecule is CCOCCCOc1ccc(C#N)cc1F. The Morgan fingerprint density at radius 3 is 2.81 bits per heavy atom. The van der Waals surface area contributed by atoms with E-state index in [1.807, 2.05) is 13.0 Å². The zero-order valence-electron chi connectivity index (χ0n) is 9.20. The molecule has 0 fully saturated rings. The van der Waals surface area contributed by atoms with Crippen molar-refractivity contribution in [2.75, 3.05) is 19.8 Å². The maximum Gasteiger partial charge on any atom is 0.166 e. The molecule has 0 saturated carbocycles. The Kier molecular flexibility index (Phi) is 5.30. The molecule has 3 nitrogen and oxygen atoms in total. The number of rotatable bonds is 6. The number of nitriles is 1. The van der Waals surface area contributed by atoms with Gasteiger partial charge in [-0.15, -0.1) is 0 Å². The first-order valence-corrected chi connectivity index (χ1v) is 5.18. The van der Waals surface area contributed by atoms with Crippen LogP contribution in [0.1, 0.15) is 18.9 Å². The molecular formula is C12H14FNO2. The summed E-state index contributed by atoms with van der Waals surface area (Å²) in [6.07, 6.45) is 0.716. The zero-order chi connectivity index (χ0) is 11.8. The molecule has 1 rings (SSSR count). The highest BCUT2D eigenvalue weighted by Crippen LogP contribution is 2.17. The fourth-order valence-corrected chi connectivity index (χ4v) is 1.17. The molecule has 0 aliphatic rings. The monoisotopic (exact) mass is 223 g/mol.